The fourth-order valence-electron chi connectivity index (χ4n) is 4.29. The van der Waals surface area contributed by atoms with Gasteiger partial charge < -0.3 is 24.0 Å². The maximum Gasteiger partial charge on any atom is 0.229 e. The normalized spacial score (nSPS) is 21.7. The quantitative estimate of drug-likeness (QED) is 0.612. The number of nitrogens with zero attached hydrogens (tertiary/aromatic N) is 6. The number of hydrogen-bond acceptors (Lipinski definition) is 9. The Bertz CT molecular complexity index is 1110. The molecule has 2 atom stereocenters. The molecule has 9 nitrogen and oxygen atoms in total. The molecule has 0 aliphatic carbocycles. The Morgan fingerprint density at radius 3 is 2.41 bits per heavy atom. The summed E-state index contributed by atoms with van der Waals surface area (Å²) in [6, 6.07) is 8.28. The van der Waals surface area contributed by atoms with E-state index in [4.69, 9.17) is 29.2 Å². The Balaban J connectivity index is 1.67. The lowest BCUT2D eigenvalue weighted by Crippen LogP contribution is -2.46. The first-order chi connectivity index (χ1) is 15.7. The molecule has 1 unspecified atom stereocenters. The van der Waals surface area contributed by atoms with Crippen molar-refractivity contribution < 1.29 is 14.2 Å². The average Bonchev–Trinajstić information content (AvgIpc) is 2.83. The van der Waals surface area contributed by atoms with E-state index in [1.807, 2.05) is 24.3 Å². The Labute approximate surface area is 187 Å². The standard InChI is InChI=1S/C23H28N6O3/c1-15-13-31-11-9-28(15)21-18-6-7-19(17-5-4-8-24-22(17)30-3)25-20(18)26-23(27-21)29-10-12-32-14-16(29)2/h4-8,15-16H,9-14H2,1-3H3/t15-,16?/m0/s1. The first-order valence-electron chi connectivity index (χ1n) is 11.0. The van der Waals surface area contributed by atoms with Crippen LogP contribution in [0.1, 0.15) is 13.8 Å². The summed E-state index contributed by atoms with van der Waals surface area (Å²) in [7, 11) is 1.62. The number of morpholine rings is 2. The molecule has 5 rings (SSSR count). The highest BCUT2D eigenvalue weighted by atomic mass is 16.5. The molecule has 0 spiro atoms. The van der Waals surface area contributed by atoms with E-state index in [2.05, 4.69) is 28.6 Å². The SMILES string of the molecule is COc1ncccc1-c1ccc2c(N3CCOC[C@@H]3C)nc(N3CCOCC3C)nc2n1. The molecule has 2 saturated heterocycles. The lowest BCUT2D eigenvalue weighted by molar-refractivity contribution is 0.0973. The molecule has 5 heterocycles. The zero-order valence-electron chi connectivity index (χ0n) is 18.7. The molecule has 168 valence electrons. The molecule has 0 amide bonds. The zero-order chi connectivity index (χ0) is 22.1. The second-order valence-corrected chi connectivity index (χ2v) is 8.21. The number of hydrogen-bond donors (Lipinski definition) is 0. The predicted octanol–water partition coefficient (Wildman–Crippen LogP) is 2.55. The van der Waals surface area contributed by atoms with Crippen LogP contribution in [-0.4, -0.2) is 78.6 Å². The van der Waals surface area contributed by atoms with Gasteiger partial charge in [0.1, 0.15) is 5.82 Å². The van der Waals surface area contributed by atoms with E-state index in [9.17, 15) is 0 Å². The summed E-state index contributed by atoms with van der Waals surface area (Å²) in [6.07, 6.45) is 1.71. The smallest absolute Gasteiger partial charge is 0.229 e. The Morgan fingerprint density at radius 1 is 0.938 bits per heavy atom. The topological polar surface area (TPSA) is 85.7 Å². The van der Waals surface area contributed by atoms with E-state index in [1.165, 1.54) is 0 Å². The van der Waals surface area contributed by atoms with Crippen LogP contribution in [0.2, 0.25) is 0 Å². The van der Waals surface area contributed by atoms with Crippen LogP contribution < -0.4 is 14.5 Å². The summed E-state index contributed by atoms with van der Waals surface area (Å²) in [5.74, 6) is 2.12. The lowest BCUT2D eigenvalue weighted by Gasteiger charge is -2.37. The first kappa shape index (κ1) is 20.8. The maximum atomic E-state index is 5.66. The van der Waals surface area contributed by atoms with Gasteiger partial charge in [-0.3, -0.25) is 0 Å². The number of aromatic nitrogens is 4. The highest BCUT2D eigenvalue weighted by Crippen LogP contribution is 2.32. The fourth-order valence-corrected chi connectivity index (χ4v) is 4.29. The lowest BCUT2D eigenvalue weighted by atomic mass is 10.1. The Kier molecular flexibility index (Phi) is 5.75. The summed E-state index contributed by atoms with van der Waals surface area (Å²) in [6.45, 7) is 8.50. The third kappa shape index (κ3) is 3.82. The minimum absolute atomic E-state index is 0.192. The van der Waals surface area contributed by atoms with Crippen LogP contribution >= 0.6 is 0 Å². The number of anilines is 2. The summed E-state index contributed by atoms with van der Waals surface area (Å²) in [5.41, 5.74) is 2.26. The Hall–Kier alpha value is -3.04. The molecule has 3 aromatic rings. The summed E-state index contributed by atoms with van der Waals surface area (Å²) in [4.78, 5) is 23.7. The van der Waals surface area contributed by atoms with Gasteiger partial charge in [-0.1, -0.05) is 0 Å². The molecular formula is C23H28N6O3. The van der Waals surface area contributed by atoms with Crippen molar-refractivity contribution in [2.45, 2.75) is 25.9 Å². The van der Waals surface area contributed by atoms with E-state index in [1.54, 1.807) is 13.3 Å². The van der Waals surface area contributed by atoms with E-state index < -0.39 is 0 Å². The summed E-state index contributed by atoms with van der Waals surface area (Å²) >= 11 is 0. The van der Waals surface area contributed by atoms with Crippen molar-refractivity contribution >= 4 is 22.8 Å². The molecular weight excluding hydrogens is 408 g/mol. The van der Waals surface area contributed by atoms with Gasteiger partial charge in [0.25, 0.3) is 0 Å². The molecule has 0 aromatic carbocycles. The van der Waals surface area contributed by atoms with Gasteiger partial charge in [0.05, 0.1) is 62.3 Å². The molecule has 2 aliphatic heterocycles. The molecule has 9 heteroatoms. The molecule has 3 aromatic heterocycles. The number of ether oxygens (including phenoxy) is 3. The average molecular weight is 437 g/mol. The van der Waals surface area contributed by atoms with Crippen molar-refractivity contribution in [3.05, 3.63) is 30.5 Å². The van der Waals surface area contributed by atoms with Crippen LogP contribution in [0.15, 0.2) is 30.5 Å². The Morgan fingerprint density at radius 2 is 1.69 bits per heavy atom. The maximum absolute atomic E-state index is 5.66. The zero-order valence-corrected chi connectivity index (χ0v) is 18.7. The number of rotatable bonds is 4. The van der Waals surface area contributed by atoms with Gasteiger partial charge in [-0.15, -0.1) is 0 Å². The molecule has 0 bridgehead atoms. The van der Waals surface area contributed by atoms with Gasteiger partial charge in [0.2, 0.25) is 11.8 Å². The van der Waals surface area contributed by atoms with E-state index in [0.29, 0.717) is 43.9 Å². The van der Waals surface area contributed by atoms with Crippen molar-refractivity contribution in [1.82, 2.24) is 19.9 Å². The van der Waals surface area contributed by atoms with Gasteiger partial charge in [-0.2, -0.15) is 9.97 Å². The van der Waals surface area contributed by atoms with Crippen LogP contribution in [0, 0.1) is 0 Å². The molecule has 2 aliphatic rings. The van der Waals surface area contributed by atoms with Gasteiger partial charge >= 0.3 is 0 Å². The molecule has 0 N–H and O–H groups in total. The van der Waals surface area contributed by atoms with Crippen molar-refractivity contribution in [2.75, 3.05) is 56.4 Å². The van der Waals surface area contributed by atoms with E-state index >= 15 is 0 Å². The second kappa shape index (κ2) is 8.84. The minimum atomic E-state index is 0.192. The summed E-state index contributed by atoms with van der Waals surface area (Å²) in [5, 5.41) is 0.926. The molecule has 32 heavy (non-hydrogen) atoms. The fraction of sp³-hybridized carbons (Fsp3) is 0.478. The highest BCUT2D eigenvalue weighted by molar-refractivity contribution is 5.90. The number of methoxy groups -OCH3 is 1. The van der Waals surface area contributed by atoms with Crippen LogP contribution in [0.4, 0.5) is 11.8 Å². The molecule has 0 radical (unpaired) electrons. The molecule has 0 saturated carbocycles. The molecule has 2 fully saturated rings. The van der Waals surface area contributed by atoms with Gasteiger partial charge in [0, 0.05) is 19.3 Å². The number of fused-ring (bicyclic) bond motifs is 1. The van der Waals surface area contributed by atoms with Crippen LogP contribution in [-0.2, 0) is 9.47 Å². The van der Waals surface area contributed by atoms with Crippen molar-refractivity contribution in [3.8, 4) is 17.1 Å². The third-order valence-corrected chi connectivity index (χ3v) is 6.03. The van der Waals surface area contributed by atoms with Crippen molar-refractivity contribution in [2.24, 2.45) is 0 Å². The van der Waals surface area contributed by atoms with Gasteiger partial charge in [0.15, 0.2) is 5.65 Å². The van der Waals surface area contributed by atoms with Crippen LogP contribution in [0.5, 0.6) is 5.88 Å². The van der Waals surface area contributed by atoms with E-state index in [0.717, 1.165) is 35.6 Å². The highest BCUT2D eigenvalue weighted by Gasteiger charge is 2.27. The third-order valence-electron chi connectivity index (χ3n) is 6.03. The monoisotopic (exact) mass is 436 g/mol. The number of pyridine rings is 2. The van der Waals surface area contributed by atoms with Crippen molar-refractivity contribution in [3.63, 3.8) is 0 Å². The van der Waals surface area contributed by atoms with Crippen LogP contribution in [0.25, 0.3) is 22.3 Å². The van der Waals surface area contributed by atoms with Crippen molar-refractivity contribution in [1.29, 1.82) is 0 Å². The summed E-state index contributed by atoms with van der Waals surface area (Å²) < 4.78 is 16.7. The first-order valence-corrected chi connectivity index (χ1v) is 11.0. The van der Waals surface area contributed by atoms with Crippen LogP contribution in [0.3, 0.4) is 0 Å². The van der Waals surface area contributed by atoms with E-state index in [-0.39, 0.29) is 12.1 Å². The predicted molar refractivity (Wildman–Crippen MR) is 122 cm³/mol. The minimum Gasteiger partial charge on any atom is -0.481 e. The second-order valence-electron chi connectivity index (χ2n) is 8.21. The van der Waals surface area contributed by atoms with Gasteiger partial charge in [-0.05, 0) is 38.1 Å². The van der Waals surface area contributed by atoms with Gasteiger partial charge in [-0.25, -0.2) is 9.97 Å². The largest absolute Gasteiger partial charge is 0.481 e.